The summed E-state index contributed by atoms with van der Waals surface area (Å²) < 4.78 is 27.5. The van der Waals surface area contributed by atoms with Crippen LogP contribution in [0.25, 0.3) is 0 Å². The van der Waals surface area contributed by atoms with Crippen LogP contribution in [0.4, 0.5) is 11.4 Å². The zero-order valence-electron chi connectivity index (χ0n) is 17.8. The summed E-state index contributed by atoms with van der Waals surface area (Å²) in [5, 5.41) is 2.83. The minimum absolute atomic E-state index is 0.0161. The Morgan fingerprint density at radius 1 is 0.969 bits per heavy atom. The van der Waals surface area contributed by atoms with Crippen LogP contribution in [0.3, 0.4) is 0 Å². The number of sulfonamides is 1. The van der Waals surface area contributed by atoms with Gasteiger partial charge in [-0.2, -0.15) is 0 Å². The smallest absolute Gasteiger partial charge is 0.261 e. The highest BCUT2D eigenvalue weighted by molar-refractivity contribution is 7.92. The number of hydrogen-bond donors (Lipinski definition) is 2. The molecule has 166 valence electrons. The number of benzene rings is 2. The molecule has 1 heterocycles. The lowest BCUT2D eigenvalue weighted by molar-refractivity contribution is -0.116. The van der Waals surface area contributed by atoms with Gasteiger partial charge in [-0.25, -0.2) is 8.42 Å². The Bertz CT molecular complexity index is 1200. The molecule has 8 nitrogen and oxygen atoms in total. The van der Waals surface area contributed by atoms with E-state index in [0.717, 1.165) is 17.7 Å². The van der Waals surface area contributed by atoms with E-state index in [2.05, 4.69) is 15.0 Å². The highest BCUT2D eigenvalue weighted by atomic mass is 32.2. The third kappa shape index (κ3) is 5.70. The second-order valence-electron chi connectivity index (χ2n) is 7.09. The highest BCUT2D eigenvalue weighted by Gasteiger charge is 2.18. The van der Waals surface area contributed by atoms with Gasteiger partial charge in [0.15, 0.2) is 0 Å². The molecular formula is C23H24N4O4S. The molecule has 9 heteroatoms. The maximum absolute atomic E-state index is 12.7. The van der Waals surface area contributed by atoms with Crippen LogP contribution in [0.1, 0.15) is 22.8 Å². The number of aryl methyl sites for hydroxylation is 1. The van der Waals surface area contributed by atoms with E-state index in [1.165, 1.54) is 60.7 Å². The van der Waals surface area contributed by atoms with Gasteiger partial charge in [-0.15, -0.1) is 0 Å². The van der Waals surface area contributed by atoms with E-state index in [-0.39, 0.29) is 22.9 Å². The Balaban J connectivity index is 1.64. The molecular weight excluding hydrogens is 428 g/mol. The number of hydrogen-bond acceptors (Lipinski definition) is 5. The van der Waals surface area contributed by atoms with E-state index >= 15 is 0 Å². The van der Waals surface area contributed by atoms with Crippen LogP contribution < -0.4 is 10.0 Å². The second kappa shape index (κ2) is 10.1. The Morgan fingerprint density at radius 2 is 1.62 bits per heavy atom. The standard InChI is InChI=1S/C23H24N4O4S/c1-3-17-6-4-5-7-21(17)25-22(28)16-27(2)23(29)18-8-10-20(11-9-18)32(30,31)26-19-12-14-24-15-13-19/h4-15H,3,16H2,1-2H3,(H,24,26)(H,25,28). The number of anilines is 2. The molecule has 0 aliphatic heterocycles. The highest BCUT2D eigenvalue weighted by Crippen LogP contribution is 2.17. The Hall–Kier alpha value is -3.72. The summed E-state index contributed by atoms with van der Waals surface area (Å²) >= 11 is 0. The van der Waals surface area contributed by atoms with E-state index < -0.39 is 15.9 Å². The van der Waals surface area contributed by atoms with Crippen LogP contribution in [0.5, 0.6) is 0 Å². The molecule has 0 aliphatic carbocycles. The largest absolute Gasteiger partial charge is 0.332 e. The molecule has 32 heavy (non-hydrogen) atoms. The number of carbonyl (C=O) groups is 2. The van der Waals surface area contributed by atoms with E-state index in [4.69, 9.17) is 0 Å². The zero-order valence-corrected chi connectivity index (χ0v) is 18.6. The molecule has 1 aromatic heterocycles. The van der Waals surface area contributed by atoms with Gasteiger partial charge >= 0.3 is 0 Å². The predicted octanol–water partition coefficient (Wildman–Crippen LogP) is 3.16. The van der Waals surface area contributed by atoms with E-state index in [1.807, 2.05) is 31.2 Å². The number of nitrogens with zero attached hydrogens (tertiary/aromatic N) is 2. The van der Waals surface area contributed by atoms with Crippen molar-refractivity contribution in [3.8, 4) is 0 Å². The van der Waals surface area contributed by atoms with Gasteiger partial charge in [0, 0.05) is 30.7 Å². The van der Waals surface area contributed by atoms with Crippen molar-refractivity contribution in [1.29, 1.82) is 0 Å². The monoisotopic (exact) mass is 452 g/mol. The van der Waals surface area contributed by atoms with Crippen LogP contribution in [0, 0.1) is 0 Å². The molecule has 2 N–H and O–H groups in total. The Morgan fingerprint density at radius 3 is 2.28 bits per heavy atom. The molecule has 2 aromatic carbocycles. The third-order valence-corrected chi connectivity index (χ3v) is 6.14. The molecule has 0 saturated heterocycles. The summed E-state index contributed by atoms with van der Waals surface area (Å²) in [5.41, 5.74) is 2.39. The molecule has 3 rings (SSSR count). The Labute approximate surface area is 187 Å². The number of pyridine rings is 1. The van der Waals surface area contributed by atoms with Crippen molar-refractivity contribution in [2.45, 2.75) is 18.2 Å². The normalized spacial score (nSPS) is 10.9. The number of nitrogens with one attached hydrogen (secondary N) is 2. The lowest BCUT2D eigenvalue weighted by Gasteiger charge is -2.18. The van der Waals surface area contributed by atoms with Crippen molar-refractivity contribution >= 4 is 33.2 Å². The molecule has 2 amide bonds. The van der Waals surface area contributed by atoms with Crippen molar-refractivity contribution in [2.24, 2.45) is 0 Å². The van der Waals surface area contributed by atoms with Crippen molar-refractivity contribution in [1.82, 2.24) is 9.88 Å². The maximum Gasteiger partial charge on any atom is 0.261 e. The first kappa shape index (κ1) is 23.0. The summed E-state index contributed by atoms with van der Waals surface area (Å²) in [4.78, 5) is 30.2. The minimum atomic E-state index is -3.80. The van der Waals surface area contributed by atoms with Crippen LogP contribution in [-0.4, -0.2) is 43.7 Å². The van der Waals surface area contributed by atoms with Gasteiger partial charge < -0.3 is 10.2 Å². The zero-order chi connectivity index (χ0) is 23.1. The number of amides is 2. The topological polar surface area (TPSA) is 108 Å². The van der Waals surface area contributed by atoms with Gasteiger partial charge in [-0.3, -0.25) is 19.3 Å². The van der Waals surface area contributed by atoms with E-state index in [0.29, 0.717) is 5.69 Å². The lowest BCUT2D eigenvalue weighted by atomic mass is 10.1. The van der Waals surface area contributed by atoms with Gasteiger partial charge in [0.05, 0.1) is 17.1 Å². The van der Waals surface area contributed by atoms with Gasteiger partial charge in [0.25, 0.3) is 15.9 Å². The van der Waals surface area contributed by atoms with Crippen molar-refractivity contribution in [2.75, 3.05) is 23.6 Å². The first-order valence-corrected chi connectivity index (χ1v) is 11.4. The van der Waals surface area contributed by atoms with Crippen LogP contribution >= 0.6 is 0 Å². The van der Waals surface area contributed by atoms with Crippen LogP contribution in [0.2, 0.25) is 0 Å². The quantitative estimate of drug-likeness (QED) is 0.546. The van der Waals surface area contributed by atoms with Crippen LogP contribution in [-0.2, 0) is 21.2 Å². The molecule has 0 radical (unpaired) electrons. The average molecular weight is 453 g/mol. The fourth-order valence-corrected chi connectivity index (χ4v) is 4.12. The van der Waals surface area contributed by atoms with Crippen molar-refractivity contribution in [3.05, 3.63) is 84.2 Å². The first-order valence-electron chi connectivity index (χ1n) is 9.96. The summed E-state index contributed by atoms with van der Waals surface area (Å²) in [5.74, 6) is -0.711. The van der Waals surface area contributed by atoms with Crippen molar-refractivity contribution < 1.29 is 18.0 Å². The van der Waals surface area contributed by atoms with Crippen LogP contribution in [0.15, 0.2) is 78.0 Å². The van der Waals surface area contributed by atoms with Gasteiger partial charge in [0.2, 0.25) is 5.91 Å². The summed E-state index contributed by atoms with van der Waals surface area (Å²) in [6.45, 7) is 1.86. The van der Waals surface area contributed by atoms with Gasteiger partial charge in [0.1, 0.15) is 0 Å². The van der Waals surface area contributed by atoms with Gasteiger partial charge in [-0.05, 0) is 54.4 Å². The molecule has 0 fully saturated rings. The van der Waals surface area contributed by atoms with E-state index in [1.54, 1.807) is 0 Å². The fraction of sp³-hybridized carbons (Fsp3) is 0.174. The first-order chi connectivity index (χ1) is 15.3. The molecule has 0 bridgehead atoms. The molecule has 0 atom stereocenters. The summed E-state index contributed by atoms with van der Waals surface area (Å²) in [7, 11) is -2.29. The Kier molecular flexibility index (Phi) is 7.21. The summed E-state index contributed by atoms with van der Waals surface area (Å²) in [6, 6.07) is 16.1. The lowest BCUT2D eigenvalue weighted by Crippen LogP contribution is -2.35. The minimum Gasteiger partial charge on any atom is -0.332 e. The fourth-order valence-electron chi connectivity index (χ4n) is 3.06. The number of carbonyl (C=O) groups excluding carboxylic acids is 2. The molecule has 0 aliphatic rings. The predicted molar refractivity (Wildman–Crippen MR) is 123 cm³/mol. The molecule has 3 aromatic rings. The van der Waals surface area contributed by atoms with Crippen molar-refractivity contribution in [3.63, 3.8) is 0 Å². The third-order valence-electron chi connectivity index (χ3n) is 4.74. The number of aromatic nitrogens is 1. The number of rotatable bonds is 8. The number of likely N-dealkylation sites (N-methyl/N-ethyl adjacent to an activating group) is 1. The molecule has 0 spiro atoms. The summed E-state index contributed by atoms with van der Waals surface area (Å²) in [6.07, 6.45) is 3.73. The number of para-hydroxylation sites is 1. The molecule has 0 unspecified atom stereocenters. The van der Waals surface area contributed by atoms with E-state index in [9.17, 15) is 18.0 Å². The second-order valence-corrected chi connectivity index (χ2v) is 8.77. The van der Waals surface area contributed by atoms with Gasteiger partial charge in [-0.1, -0.05) is 25.1 Å². The molecule has 0 saturated carbocycles. The SMILES string of the molecule is CCc1ccccc1NC(=O)CN(C)C(=O)c1ccc(S(=O)(=O)Nc2ccncc2)cc1. The average Bonchev–Trinajstić information content (AvgIpc) is 2.79. The maximum atomic E-state index is 12.7.